The SMILES string of the molecule is Cc1ccc(NC(=O)CCCCCCN)cc1Br.Cl. The topological polar surface area (TPSA) is 55.1 Å². The van der Waals surface area contributed by atoms with Crippen molar-refractivity contribution in [1.82, 2.24) is 0 Å². The van der Waals surface area contributed by atoms with Crippen molar-refractivity contribution >= 4 is 39.9 Å². The van der Waals surface area contributed by atoms with Gasteiger partial charge in [0, 0.05) is 16.6 Å². The molecule has 3 nitrogen and oxygen atoms in total. The summed E-state index contributed by atoms with van der Waals surface area (Å²) in [4.78, 5) is 11.7. The highest BCUT2D eigenvalue weighted by atomic mass is 79.9. The number of anilines is 1. The molecule has 1 rings (SSSR count). The lowest BCUT2D eigenvalue weighted by atomic mass is 10.1. The van der Waals surface area contributed by atoms with Crippen molar-refractivity contribution in [2.75, 3.05) is 11.9 Å². The van der Waals surface area contributed by atoms with Gasteiger partial charge < -0.3 is 11.1 Å². The van der Waals surface area contributed by atoms with Crippen LogP contribution >= 0.6 is 28.3 Å². The Kier molecular flexibility index (Phi) is 9.92. The second-order valence-corrected chi connectivity index (χ2v) is 5.32. The summed E-state index contributed by atoms with van der Waals surface area (Å²) in [5.41, 5.74) is 7.42. The number of carbonyl (C=O) groups is 1. The molecule has 1 aromatic carbocycles. The van der Waals surface area contributed by atoms with E-state index in [-0.39, 0.29) is 18.3 Å². The van der Waals surface area contributed by atoms with Crippen LogP contribution in [-0.4, -0.2) is 12.5 Å². The lowest BCUT2D eigenvalue weighted by Crippen LogP contribution is -2.11. The number of unbranched alkanes of at least 4 members (excludes halogenated alkanes) is 3. The number of aryl methyl sites for hydroxylation is 1. The van der Waals surface area contributed by atoms with Crippen molar-refractivity contribution in [3.8, 4) is 0 Å². The van der Waals surface area contributed by atoms with Crippen LogP contribution in [-0.2, 0) is 4.79 Å². The molecule has 1 aromatic rings. The van der Waals surface area contributed by atoms with E-state index in [9.17, 15) is 4.79 Å². The van der Waals surface area contributed by atoms with Gasteiger partial charge in [0.2, 0.25) is 5.91 Å². The Bertz CT molecular complexity index is 399. The molecule has 0 fully saturated rings. The standard InChI is InChI=1S/C14H21BrN2O.ClH/c1-11-7-8-12(10-13(11)15)17-14(18)6-4-2-3-5-9-16;/h7-8,10H,2-6,9,16H2,1H3,(H,17,18);1H. The van der Waals surface area contributed by atoms with Gasteiger partial charge in [0.1, 0.15) is 0 Å². The van der Waals surface area contributed by atoms with Crippen LogP contribution in [0.2, 0.25) is 0 Å². The Morgan fingerprint density at radius 1 is 1.26 bits per heavy atom. The summed E-state index contributed by atoms with van der Waals surface area (Å²) < 4.78 is 1.02. The van der Waals surface area contributed by atoms with Crippen LogP contribution in [0.25, 0.3) is 0 Å². The Hall–Kier alpha value is -0.580. The lowest BCUT2D eigenvalue weighted by Gasteiger charge is -2.07. The predicted octanol–water partition coefficient (Wildman–Crippen LogP) is 4.03. The van der Waals surface area contributed by atoms with Crippen LogP contribution < -0.4 is 11.1 Å². The van der Waals surface area contributed by atoms with Gasteiger partial charge in [-0.3, -0.25) is 4.79 Å². The first-order valence-electron chi connectivity index (χ1n) is 6.39. The first kappa shape index (κ1) is 18.4. The number of hydrogen-bond acceptors (Lipinski definition) is 2. The van der Waals surface area contributed by atoms with E-state index < -0.39 is 0 Å². The van der Waals surface area contributed by atoms with E-state index in [0.717, 1.165) is 48.0 Å². The molecule has 5 heteroatoms. The van der Waals surface area contributed by atoms with E-state index >= 15 is 0 Å². The number of halogens is 2. The third-order valence-electron chi connectivity index (χ3n) is 2.81. The maximum absolute atomic E-state index is 11.7. The molecule has 0 spiro atoms. The fourth-order valence-corrected chi connectivity index (χ4v) is 2.06. The smallest absolute Gasteiger partial charge is 0.224 e. The summed E-state index contributed by atoms with van der Waals surface area (Å²) in [7, 11) is 0. The molecule has 0 atom stereocenters. The minimum absolute atomic E-state index is 0. The van der Waals surface area contributed by atoms with E-state index in [2.05, 4.69) is 21.2 Å². The van der Waals surface area contributed by atoms with Gasteiger partial charge in [-0.2, -0.15) is 0 Å². The molecular formula is C14H22BrClN2O. The predicted molar refractivity (Wildman–Crippen MR) is 86.9 cm³/mol. The molecule has 0 unspecified atom stereocenters. The average Bonchev–Trinajstić information content (AvgIpc) is 2.34. The third-order valence-corrected chi connectivity index (χ3v) is 3.67. The maximum atomic E-state index is 11.7. The van der Waals surface area contributed by atoms with Crippen molar-refractivity contribution in [2.24, 2.45) is 5.73 Å². The molecule has 3 N–H and O–H groups in total. The number of amides is 1. The second kappa shape index (κ2) is 10.2. The van der Waals surface area contributed by atoms with Gasteiger partial charge >= 0.3 is 0 Å². The number of nitrogens with two attached hydrogens (primary N) is 1. The van der Waals surface area contributed by atoms with Crippen molar-refractivity contribution in [1.29, 1.82) is 0 Å². The Morgan fingerprint density at radius 2 is 1.95 bits per heavy atom. The van der Waals surface area contributed by atoms with Gasteiger partial charge in [0.05, 0.1) is 0 Å². The zero-order valence-electron chi connectivity index (χ0n) is 11.2. The summed E-state index contributed by atoms with van der Waals surface area (Å²) in [6, 6.07) is 5.84. The highest BCUT2D eigenvalue weighted by molar-refractivity contribution is 9.10. The maximum Gasteiger partial charge on any atom is 0.224 e. The van der Waals surface area contributed by atoms with Crippen LogP contribution in [0, 0.1) is 6.92 Å². The van der Waals surface area contributed by atoms with E-state index in [0.29, 0.717) is 6.42 Å². The molecule has 0 bridgehead atoms. The molecule has 0 saturated heterocycles. The van der Waals surface area contributed by atoms with Crippen LogP contribution in [0.5, 0.6) is 0 Å². The van der Waals surface area contributed by atoms with Crippen LogP contribution in [0.1, 0.15) is 37.7 Å². The molecule has 1 amide bonds. The summed E-state index contributed by atoms with van der Waals surface area (Å²) >= 11 is 3.45. The van der Waals surface area contributed by atoms with Gasteiger partial charge in [-0.1, -0.05) is 34.8 Å². The molecule has 108 valence electrons. The van der Waals surface area contributed by atoms with E-state index in [1.165, 1.54) is 0 Å². The Labute approximate surface area is 129 Å². The zero-order chi connectivity index (χ0) is 13.4. The molecule has 0 aliphatic carbocycles. The van der Waals surface area contributed by atoms with Gasteiger partial charge in [-0.15, -0.1) is 12.4 Å². The first-order valence-corrected chi connectivity index (χ1v) is 7.19. The molecule has 0 aliphatic rings. The van der Waals surface area contributed by atoms with Crippen molar-refractivity contribution in [3.05, 3.63) is 28.2 Å². The van der Waals surface area contributed by atoms with Crippen molar-refractivity contribution in [2.45, 2.75) is 39.0 Å². The molecule has 0 saturated carbocycles. The van der Waals surface area contributed by atoms with Gasteiger partial charge in [0.15, 0.2) is 0 Å². The summed E-state index contributed by atoms with van der Waals surface area (Å²) in [6.07, 6.45) is 4.74. The molecule has 19 heavy (non-hydrogen) atoms. The molecule has 0 radical (unpaired) electrons. The number of benzene rings is 1. The normalized spacial score (nSPS) is 9.84. The quantitative estimate of drug-likeness (QED) is 0.730. The number of hydrogen-bond donors (Lipinski definition) is 2. The summed E-state index contributed by atoms with van der Waals surface area (Å²) in [5, 5.41) is 2.91. The van der Waals surface area contributed by atoms with Gasteiger partial charge in [-0.05, 0) is 44.0 Å². The third kappa shape index (κ3) is 7.55. The van der Waals surface area contributed by atoms with Gasteiger partial charge in [-0.25, -0.2) is 0 Å². The van der Waals surface area contributed by atoms with Gasteiger partial charge in [0.25, 0.3) is 0 Å². The zero-order valence-corrected chi connectivity index (χ0v) is 13.6. The highest BCUT2D eigenvalue weighted by Gasteiger charge is 2.03. The van der Waals surface area contributed by atoms with E-state index in [4.69, 9.17) is 5.73 Å². The highest BCUT2D eigenvalue weighted by Crippen LogP contribution is 2.20. The fraction of sp³-hybridized carbons (Fsp3) is 0.500. The monoisotopic (exact) mass is 348 g/mol. The minimum Gasteiger partial charge on any atom is -0.330 e. The van der Waals surface area contributed by atoms with E-state index in [1.54, 1.807) is 0 Å². The minimum atomic E-state index is 0. The van der Waals surface area contributed by atoms with Crippen LogP contribution in [0.3, 0.4) is 0 Å². The van der Waals surface area contributed by atoms with Crippen LogP contribution in [0.15, 0.2) is 22.7 Å². The number of carbonyl (C=O) groups excluding carboxylic acids is 1. The largest absolute Gasteiger partial charge is 0.330 e. The first-order chi connectivity index (χ1) is 8.63. The lowest BCUT2D eigenvalue weighted by molar-refractivity contribution is -0.116. The van der Waals surface area contributed by atoms with Crippen molar-refractivity contribution in [3.63, 3.8) is 0 Å². The molecular weight excluding hydrogens is 328 g/mol. The number of rotatable bonds is 7. The average molecular weight is 350 g/mol. The molecule has 0 heterocycles. The Balaban J connectivity index is 0.00000324. The second-order valence-electron chi connectivity index (χ2n) is 4.47. The van der Waals surface area contributed by atoms with Crippen molar-refractivity contribution < 1.29 is 4.79 Å². The summed E-state index contributed by atoms with van der Waals surface area (Å²) in [5.74, 6) is 0.0819. The van der Waals surface area contributed by atoms with E-state index in [1.807, 2.05) is 25.1 Å². The molecule has 0 aromatic heterocycles. The fourth-order valence-electron chi connectivity index (χ4n) is 1.68. The molecule has 0 aliphatic heterocycles. The van der Waals surface area contributed by atoms with Crippen LogP contribution in [0.4, 0.5) is 5.69 Å². The number of nitrogens with one attached hydrogen (secondary N) is 1. The summed E-state index contributed by atoms with van der Waals surface area (Å²) in [6.45, 7) is 2.76. The Morgan fingerprint density at radius 3 is 2.58 bits per heavy atom.